The van der Waals surface area contributed by atoms with Gasteiger partial charge in [0.2, 0.25) is 0 Å². The Kier molecular flexibility index (Phi) is 9.88. The number of phenols is 1. The van der Waals surface area contributed by atoms with Gasteiger partial charge in [-0.25, -0.2) is 0 Å². The summed E-state index contributed by atoms with van der Waals surface area (Å²) in [5.74, 6) is 0.389. The molecule has 0 saturated heterocycles. The van der Waals surface area contributed by atoms with Gasteiger partial charge < -0.3 is 25.6 Å². The van der Waals surface area contributed by atoms with E-state index in [9.17, 15) is 5.11 Å². The molecule has 0 fully saturated rings. The van der Waals surface area contributed by atoms with E-state index in [2.05, 4.69) is 52.6 Å². The van der Waals surface area contributed by atoms with Crippen molar-refractivity contribution in [3.8, 4) is 5.75 Å². The third-order valence-corrected chi connectivity index (χ3v) is 4.53. The van der Waals surface area contributed by atoms with Crippen LogP contribution in [0.25, 0.3) is 0 Å². The van der Waals surface area contributed by atoms with Gasteiger partial charge in [-0.15, -0.1) is 0 Å². The standard InChI is InChI=1S/C18H29NO2S.CH3NOS/c1-8-19(9-2)17(22)21-11-14-10-15(18(5,6)7)16(20)13(4)12(14)3;2-1(3)4/h10,20H,8-9,11H2,1-7H3;(H3,2,3,4). The van der Waals surface area contributed by atoms with Crippen LogP contribution in [0.5, 0.6) is 5.75 Å². The SMILES string of the molecule is CCN(CC)C(=S)OCc1cc(C(C)(C)C)c(O)c(C)c1C.NC(O)=S. The molecule has 0 aromatic heterocycles. The Morgan fingerprint density at radius 2 is 1.62 bits per heavy atom. The number of benzene rings is 1. The molecule has 5 nitrogen and oxygen atoms in total. The summed E-state index contributed by atoms with van der Waals surface area (Å²) in [6, 6.07) is 2.04. The molecule has 26 heavy (non-hydrogen) atoms. The molecule has 1 rings (SSSR count). The molecule has 0 atom stereocenters. The molecule has 148 valence electrons. The van der Waals surface area contributed by atoms with Crippen LogP contribution in [-0.4, -0.2) is 38.6 Å². The summed E-state index contributed by atoms with van der Waals surface area (Å²) in [5, 5.41) is 18.0. The molecular formula is C19H32N2O3S2. The summed E-state index contributed by atoms with van der Waals surface area (Å²) in [6.07, 6.45) is 0. The number of aromatic hydroxyl groups is 1. The quantitative estimate of drug-likeness (QED) is 0.652. The minimum atomic E-state index is -0.500. The predicted molar refractivity (Wildman–Crippen MR) is 116 cm³/mol. The number of ether oxygens (including phenoxy) is 1. The first-order chi connectivity index (χ1) is 11.9. The zero-order valence-electron chi connectivity index (χ0n) is 16.8. The minimum absolute atomic E-state index is 0.114. The van der Waals surface area contributed by atoms with E-state index in [1.165, 1.54) is 0 Å². The molecule has 0 aliphatic carbocycles. The van der Waals surface area contributed by atoms with Crippen LogP contribution in [0, 0.1) is 13.8 Å². The van der Waals surface area contributed by atoms with Crippen molar-refractivity contribution in [3.63, 3.8) is 0 Å². The van der Waals surface area contributed by atoms with E-state index >= 15 is 0 Å². The van der Waals surface area contributed by atoms with Crippen molar-refractivity contribution < 1.29 is 14.9 Å². The summed E-state index contributed by atoms with van der Waals surface area (Å²) in [5.41, 5.74) is 8.29. The lowest BCUT2D eigenvalue weighted by atomic mass is 9.83. The van der Waals surface area contributed by atoms with Gasteiger partial charge in [0.05, 0.1) is 0 Å². The lowest BCUT2D eigenvalue weighted by Crippen LogP contribution is -2.30. The van der Waals surface area contributed by atoms with Gasteiger partial charge in [0.25, 0.3) is 10.3 Å². The molecule has 0 radical (unpaired) electrons. The van der Waals surface area contributed by atoms with Gasteiger partial charge in [0.15, 0.2) is 0 Å². The van der Waals surface area contributed by atoms with Crippen molar-refractivity contribution in [3.05, 3.63) is 28.3 Å². The molecule has 1 aromatic carbocycles. The maximum Gasteiger partial charge on any atom is 0.259 e. The average Bonchev–Trinajstić information content (AvgIpc) is 2.51. The van der Waals surface area contributed by atoms with Crippen LogP contribution < -0.4 is 5.73 Å². The van der Waals surface area contributed by atoms with Crippen LogP contribution in [0.1, 0.15) is 56.9 Å². The number of thiocarbonyl (C=S) groups is 2. The van der Waals surface area contributed by atoms with Crippen molar-refractivity contribution in [1.82, 2.24) is 4.90 Å². The highest BCUT2D eigenvalue weighted by molar-refractivity contribution is 7.80. The molecule has 0 amide bonds. The van der Waals surface area contributed by atoms with Gasteiger partial charge in [-0.3, -0.25) is 0 Å². The zero-order chi connectivity index (χ0) is 20.7. The van der Waals surface area contributed by atoms with Crippen molar-refractivity contribution >= 4 is 34.8 Å². The Bertz CT molecular complexity index is 633. The fourth-order valence-electron chi connectivity index (χ4n) is 2.41. The number of hydrogen-bond donors (Lipinski definition) is 3. The highest BCUT2D eigenvalue weighted by atomic mass is 32.1. The second kappa shape index (κ2) is 10.5. The molecule has 0 spiro atoms. The van der Waals surface area contributed by atoms with Crippen molar-refractivity contribution in [1.29, 1.82) is 0 Å². The van der Waals surface area contributed by atoms with Crippen LogP contribution in [-0.2, 0) is 16.8 Å². The monoisotopic (exact) mass is 400 g/mol. The molecular weight excluding hydrogens is 368 g/mol. The first-order valence-electron chi connectivity index (χ1n) is 8.59. The number of nitrogens with two attached hydrogens (primary N) is 1. The smallest absolute Gasteiger partial charge is 0.259 e. The van der Waals surface area contributed by atoms with Gasteiger partial charge in [-0.05, 0) is 85.9 Å². The normalized spacial score (nSPS) is 10.6. The molecule has 0 saturated carbocycles. The summed E-state index contributed by atoms with van der Waals surface area (Å²) in [6.45, 7) is 16.5. The topological polar surface area (TPSA) is 79.0 Å². The third kappa shape index (κ3) is 7.33. The fourth-order valence-corrected chi connectivity index (χ4v) is 2.72. The van der Waals surface area contributed by atoms with Crippen molar-refractivity contribution in [2.75, 3.05) is 13.1 Å². The number of rotatable bonds is 4. The Balaban J connectivity index is 0.00000141. The zero-order valence-corrected chi connectivity index (χ0v) is 18.5. The van der Waals surface area contributed by atoms with Gasteiger partial charge in [-0.1, -0.05) is 20.8 Å². The lowest BCUT2D eigenvalue weighted by molar-refractivity contribution is 0.237. The Morgan fingerprint density at radius 1 is 1.15 bits per heavy atom. The van der Waals surface area contributed by atoms with Crippen LogP contribution in [0.15, 0.2) is 6.07 Å². The van der Waals surface area contributed by atoms with Crippen LogP contribution in [0.4, 0.5) is 0 Å². The van der Waals surface area contributed by atoms with Gasteiger partial charge in [0, 0.05) is 13.1 Å². The second-order valence-electron chi connectivity index (χ2n) is 7.00. The summed E-state index contributed by atoms with van der Waals surface area (Å²) < 4.78 is 5.79. The number of nitrogens with zero attached hydrogens (tertiary/aromatic N) is 1. The van der Waals surface area contributed by atoms with E-state index in [4.69, 9.17) is 22.1 Å². The molecule has 0 aliphatic rings. The van der Waals surface area contributed by atoms with Crippen LogP contribution in [0.3, 0.4) is 0 Å². The second-order valence-corrected chi connectivity index (χ2v) is 7.76. The molecule has 0 bridgehead atoms. The van der Waals surface area contributed by atoms with Crippen molar-refractivity contribution in [2.45, 2.75) is 60.5 Å². The van der Waals surface area contributed by atoms with Gasteiger partial charge >= 0.3 is 0 Å². The van der Waals surface area contributed by atoms with E-state index in [1.807, 2.05) is 24.8 Å². The average molecular weight is 401 g/mol. The summed E-state index contributed by atoms with van der Waals surface area (Å²) in [4.78, 5) is 2.02. The first kappa shape index (κ1) is 24.4. The van der Waals surface area contributed by atoms with Crippen LogP contribution in [0.2, 0.25) is 0 Å². The fraction of sp³-hybridized carbons (Fsp3) is 0.579. The highest BCUT2D eigenvalue weighted by Crippen LogP contribution is 2.36. The summed E-state index contributed by atoms with van der Waals surface area (Å²) in [7, 11) is 0. The minimum Gasteiger partial charge on any atom is -0.507 e. The lowest BCUT2D eigenvalue weighted by Gasteiger charge is -2.25. The Labute approximate surface area is 168 Å². The largest absolute Gasteiger partial charge is 0.507 e. The maximum atomic E-state index is 10.4. The number of phenolic OH excluding ortho intramolecular Hbond substituents is 1. The Hall–Kier alpha value is -1.60. The van der Waals surface area contributed by atoms with Crippen molar-refractivity contribution in [2.24, 2.45) is 5.73 Å². The number of hydrogen-bond acceptors (Lipinski definition) is 4. The summed E-state index contributed by atoms with van der Waals surface area (Å²) >= 11 is 9.21. The van der Waals surface area contributed by atoms with E-state index in [1.54, 1.807) is 0 Å². The van der Waals surface area contributed by atoms with E-state index in [0.29, 0.717) is 17.5 Å². The first-order valence-corrected chi connectivity index (χ1v) is 9.40. The van der Waals surface area contributed by atoms with Gasteiger partial charge in [0.1, 0.15) is 12.4 Å². The number of aliphatic hydroxyl groups excluding tert-OH is 1. The predicted octanol–water partition coefficient (Wildman–Crippen LogP) is 4.24. The number of aliphatic hydroxyl groups is 1. The Morgan fingerprint density at radius 3 is 2.00 bits per heavy atom. The van der Waals surface area contributed by atoms with E-state index in [-0.39, 0.29) is 5.41 Å². The highest BCUT2D eigenvalue weighted by Gasteiger charge is 2.22. The van der Waals surface area contributed by atoms with Crippen LogP contribution >= 0.6 is 24.4 Å². The molecule has 0 aliphatic heterocycles. The van der Waals surface area contributed by atoms with Gasteiger partial charge in [-0.2, -0.15) is 0 Å². The molecule has 0 unspecified atom stereocenters. The van der Waals surface area contributed by atoms with E-state index < -0.39 is 5.17 Å². The molecule has 0 heterocycles. The molecule has 4 N–H and O–H groups in total. The maximum absolute atomic E-state index is 10.4. The molecule has 7 heteroatoms. The van der Waals surface area contributed by atoms with E-state index in [0.717, 1.165) is 35.3 Å². The third-order valence-electron chi connectivity index (χ3n) is 4.15. The molecule has 1 aromatic rings.